The maximum absolute atomic E-state index is 12.5. The Morgan fingerprint density at radius 1 is 1.15 bits per heavy atom. The fourth-order valence-electron chi connectivity index (χ4n) is 2.58. The summed E-state index contributed by atoms with van der Waals surface area (Å²) in [5.41, 5.74) is 0.221. The Morgan fingerprint density at radius 2 is 1.89 bits per heavy atom. The van der Waals surface area contributed by atoms with Gasteiger partial charge in [-0.25, -0.2) is 13.8 Å². The van der Waals surface area contributed by atoms with Crippen molar-refractivity contribution < 1.29 is 37.7 Å². The van der Waals surface area contributed by atoms with E-state index in [1.807, 2.05) is 0 Å². The molecule has 0 radical (unpaired) electrons. The zero-order valence-electron chi connectivity index (χ0n) is 13.9. The number of benzene rings is 2. The summed E-state index contributed by atoms with van der Waals surface area (Å²) in [6, 6.07) is 10.5. The smallest absolute Gasteiger partial charge is 0.357 e. The summed E-state index contributed by atoms with van der Waals surface area (Å²) in [5.74, 6) is -2.11. The third-order valence-electron chi connectivity index (χ3n) is 3.75. The number of esters is 1. The van der Waals surface area contributed by atoms with Gasteiger partial charge in [-0.2, -0.15) is 0 Å². The molecule has 0 saturated heterocycles. The first-order valence-electron chi connectivity index (χ1n) is 7.63. The van der Waals surface area contributed by atoms with Crippen molar-refractivity contribution in [3.05, 3.63) is 59.7 Å². The van der Waals surface area contributed by atoms with Crippen LogP contribution in [0.5, 0.6) is 17.2 Å². The number of fused-ring (bicyclic) bond motifs is 1. The number of rotatable bonds is 5. The van der Waals surface area contributed by atoms with Crippen molar-refractivity contribution in [1.29, 1.82) is 0 Å². The number of hydrogen-bond donors (Lipinski definition) is 2. The van der Waals surface area contributed by atoms with Crippen molar-refractivity contribution in [2.24, 2.45) is 0 Å². The number of carboxylic acid groups (broad SMARTS) is 1. The van der Waals surface area contributed by atoms with E-state index in [0.29, 0.717) is 5.56 Å². The van der Waals surface area contributed by atoms with Crippen LogP contribution in [0.15, 0.2) is 48.5 Å². The molecule has 0 aliphatic carbocycles. The van der Waals surface area contributed by atoms with Crippen LogP contribution in [0.4, 0.5) is 0 Å². The lowest BCUT2D eigenvalue weighted by Gasteiger charge is -2.23. The van der Waals surface area contributed by atoms with Crippen molar-refractivity contribution in [3.8, 4) is 17.2 Å². The quantitative estimate of drug-likeness (QED) is 0.453. The third kappa shape index (κ3) is 3.69. The molecule has 2 aromatic rings. The number of methoxy groups -OCH3 is 1. The van der Waals surface area contributed by atoms with Crippen LogP contribution in [0.2, 0.25) is 0 Å². The van der Waals surface area contributed by atoms with Gasteiger partial charge in [0.05, 0.1) is 12.0 Å². The van der Waals surface area contributed by atoms with E-state index in [1.54, 1.807) is 24.3 Å². The highest BCUT2D eigenvalue weighted by atomic mass is 32.2. The standard InChI is InChI=1S/C18H14O8S/c1-24-16-11(17(19)20)6-4-8-13(16)26-18(21)14-9-15(27(22)23)10-5-2-3-7-12(10)25-14/h2-9,14H,1H3,(H,19,20)(H,22,23). The van der Waals surface area contributed by atoms with E-state index < -0.39 is 29.1 Å². The number of carbonyl (C=O) groups is 2. The number of carbonyl (C=O) groups excluding carboxylic acids is 1. The molecule has 1 heterocycles. The van der Waals surface area contributed by atoms with Crippen LogP contribution in [-0.4, -0.2) is 39.0 Å². The molecule has 140 valence electrons. The van der Waals surface area contributed by atoms with Gasteiger partial charge in [0.2, 0.25) is 6.10 Å². The first-order valence-corrected chi connectivity index (χ1v) is 8.73. The molecular formula is C18H14O8S. The molecule has 0 bridgehead atoms. The fourth-order valence-corrected chi connectivity index (χ4v) is 3.18. The van der Waals surface area contributed by atoms with Gasteiger partial charge in [0.15, 0.2) is 22.6 Å². The molecule has 2 unspecified atom stereocenters. The van der Waals surface area contributed by atoms with Crippen LogP contribution >= 0.6 is 0 Å². The molecule has 0 aromatic heterocycles. The minimum atomic E-state index is -2.34. The largest absolute Gasteiger partial charge is 0.492 e. The summed E-state index contributed by atoms with van der Waals surface area (Å²) in [5, 5.41) is 9.19. The molecule has 0 spiro atoms. The lowest BCUT2D eigenvalue weighted by Crippen LogP contribution is -2.32. The van der Waals surface area contributed by atoms with Crippen molar-refractivity contribution in [3.63, 3.8) is 0 Å². The topological polar surface area (TPSA) is 119 Å². The maximum atomic E-state index is 12.5. The van der Waals surface area contributed by atoms with Gasteiger partial charge in [-0.3, -0.25) is 0 Å². The van der Waals surface area contributed by atoms with Gasteiger partial charge in [0, 0.05) is 5.56 Å². The molecule has 8 nitrogen and oxygen atoms in total. The van der Waals surface area contributed by atoms with Gasteiger partial charge >= 0.3 is 11.9 Å². The number of aromatic carboxylic acids is 1. The lowest BCUT2D eigenvalue weighted by molar-refractivity contribution is -0.140. The van der Waals surface area contributed by atoms with E-state index in [9.17, 15) is 23.5 Å². The molecule has 9 heteroatoms. The van der Waals surface area contributed by atoms with Crippen LogP contribution < -0.4 is 14.2 Å². The first-order chi connectivity index (χ1) is 12.9. The normalized spacial score (nSPS) is 16.4. The highest BCUT2D eigenvalue weighted by molar-refractivity contribution is 7.89. The summed E-state index contributed by atoms with van der Waals surface area (Å²) in [4.78, 5) is 23.8. The van der Waals surface area contributed by atoms with Crippen LogP contribution in [-0.2, 0) is 15.9 Å². The van der Waals surface area contributed by atoms with Gasteiger partial charge in [-0.05, 0) is 30.3 Å². The molecule has 0 fully saturated rings. The molecule has 2 N–H and O–H groups in total. The molecule has 27 heavy (non-hydrogen) atoms. The molecule has 3 rings (SSSR count). The Hall–Kier alpha value is -3.17. The summed E-state index contributed by atoms with van der Waals surface area (Å²) in [6.07, 6.45) is -0.0990. The Morgan fingerprint density at radius 3 is 2.56 bits per heavy atom. The second-order valence-corrected chi connectivity index (χ2v) is 6.32. The maximum Gasteiger partial charge on any atom is 0.357 e. The van der Waals surface area contributed by atoms with Crippen LogP contribution in [0.3, 0.4) is 0 Å². The van der Waals surface area contributed by atoms with E-state index in [1.165, 1.54) is 31.4 Å². The Labute approximate surface area is 156 Å². The summed E-state index contributed by atoms with van der Waals surface area (Å²) in [6.45, 7) is 0. The van der Waals surface area contributed by atoms with E-state index in [-0.39, 0.29) is 27.7 Å². The molecule has 0 amide bonds. The number of para-hydroxylation sites is 2. The van der Waals surface area contributed by atoms with Gasteiger partial charge in [0.1, 0.15) is 11.3 Å². The van der Waals surface area contributed by atoms with Crippen molar-refractivity contribution in [1.82, 2.24) is 0 Å². The van der Waals surface area contributed by atoms with E-state index in [0.717, 1.165) is 0 Å². The van der Waals surface area contributed by atoms with Crippen molar-refractivity contribution >= 4 is 27.9 Å². The summed E-state index contributed by atoms with van der Waals surface area (Å²) >= 11 is -2.34. The Kier molecular flexibility index (Phi) is 5.24. The van der Waals surface area contributed by atoms with Crippen LogP contribution in [0, 0.1) is 0 Å². The predicted molar refractivity (Wildman–Crippen MR) is 95.2 cm³/mol. The van der Waals surface area contributed by atoms with Gasteiger partial charge in [0.25, 0.3) is 0 Å². The Bertz CT molecular complexity index is 966. The van der Waals surface area contributed by atoms with Gasteiger partial charge in [-0.1, -0.05) is 18.2 Å². The van der Waals surface area contributed by atoms with Crippen LogP contribution in [0.25, 0.3) is 4.91 Å². The summed E-state index contributed by atoms with van der Waals surface area (Å²) < 4.78 is 36.9. The minimum absolute atomic E-state index is 0.0186. The number of hydrogen-bond acceptors (Lipinski definition) is 6. The second kappa shape index (κ2) is 7.60. The molecule has 1 aliphatic heterocycles. The fraction of sp³-hybridized carbons (Fsp3) is 0.111. The van der Waals surface area contributed by atoms with E-state index in [4.69, 9.17) is 14.2 Å². The molecule has 1 aliphatic rings. The molecule has 2 aromatic carbocycles. The molecule has 0 saturated carbocycles. The van der Waals surface area contributed by atoms with E-state index >= 15 is 0 Å². The highest BCUT2D eigenvalue weighted by Gasteiger charge is 2.30. The SMILES string of the molecule is COc1c(OC(=O)C2C=C(S(=O)O)c3ccccc3O2)cccc1C(=O)O. The van der Waals surface area contributed by atoms with Gasteiger partial charge in [-0.15, -0.1) is 0 Å². The van der Waals surface area contributed by atoms with Crippen molar-refractivity contribution in [2.45, 2.75) is 6.10 Å². The zero-order chi connectivity index (χ0) is 19.6. The lowest BCUT2D eigenvalue weighted by atomic mass is 10.1. The average Bonchev–Trinajstić information content (AvgIpc) is 2.66. The minimum Gasteiger partial charge on any atom is -0.492 e. The number of carboxylic acids is 1. The zero-order valence-corrected chi connectivity index (χ0v) is 14.8. The average molecular weight is 390 g/mol. The summed E-state index contributed by atoms with van der Waals surface area (Å²) in [7, 11) is 1.25. The molecular weight excluding hydrogens is 376 g/mol. The third-order valence-corrected chi connectivity index (χ3v) is 4.49. The van der Waals surface area contributed by atoms with Gasteiger partial charge < -0.3 is 23.9 Å². The first kappa shape index (κ1) is 18.6. The van der Waals surface area contributed by atoms with Crippen LogP contribution in [0.1, 0.15) is 15.9 Å². The van der Waals surface area contributed by atoms with E-state index in [2.05, 4.69) is 0 Å². The Balaban J connectivity index is 1.92. The predicted octanol–water partition coefficient (Wildman–Crippen LogP) is 2.32. The second-order valence-electron chi connectivity index (χ2n) is 5.38. The monoisotopic (exact) mass is 390 g/mol. The van der Waals surface area contributed by atoms with Crippen molar-refractivity contribution in [2.75, 3.05) is 7.11 Å². The molecule has 2 atom stereocenters. The highest BCUT2D eigenvalue weighted by Crippen LogP contribution is 2.35. The number of ether oxygens (including phenoxy) is 3.